The normalized spacial score (nSPS) is 11.3. The molecule has 1 aromatic carbocycles. The topological polar surface area (TPSA) is 52.3 Å². The molecule has 0 fully saturated rings. The number of rotatable bonds is 5. The lowest BCUT2D eigenvalue weighted by atomic mass is 10.1. The van der Waals surface area contributed by atoms with Gasteiger partial charge in [-0.15, -0.1) is 0 Å². The highest BCUT2D eigenvalue weighted by molar-refractivity contribution is 5.57. The molecular weight excluding hydrogens is 275 g/mol. The van der Waals surface area contributed by atoms with E-state index in [0.29, 0.717) is 29.9 Å². The largest absolute Gasteiger partial charge is 0.467 e. The van der Waals surface area contributed by atoms with Gasteiger partial charge < -0.3 is 9.26 Å². The summed E-state index contributed by atoms with van der Waals surface area (Å²) in [5.74, 6) is 0.361. The summed E-state index contributed by atoms with van der Waals surface area (Å²) >= 11 is 0. The minimum atomic E-state index is -4.36. The van der Waals surface area contributed by atoms with Crippen molar-refractivity contribution in [1.29, 1.82) is 0 Å². The van der Waals surface area contributed by atoms with E-state index in [0.717, 1.165) is 12.1 Å². The summed E-state index contributed by atoms with van der Waals surface area (Å²) in [6.45, 7) is 0.499. The van der Waals surface area contributed by atoms with Crippen LogP contribution in [0, 0.1) is 0 Å². The van der Waals surface area contributed by atoms with Gasteiger partial charge in [0.15, 0.2) is 5.76 Å². The second kappa shape index (κ2) is 5.77. The highest BCUT2D eigenvalue weighted by atomic mass is 19.4. The van der Waals surface area contributed by atoms with Gasteiger partial charge in [0.25, 0.3) is 6.47 Å². The number of alkyl halides is 3. The molecule has 0 saturated carbocycles. The first-order valence-electron chi connectivity index (χ1n) is 5.69. The van der Waals surface area contributed by atoms with Crippen molar-refractivity contribution in [2.75, 3.05) is 6.61 Å². The number of ether oxygens (including phenoxy) is 1. The number of carbonyl (C=O) groups is 1. The second-order valence-corrected chi connectivity index (χ2v) is 3.97. The lowest BCUT2D eigenvalue weighted by molar-refractivity contribution is -0.137. The fourth-order valence-corrected chi connectivity index (χ4v) is 1.60. The Morgan fingerprint density at radius 3 is 2.55 bits per heavy atom. The fourth-order valence-electron chi connectivity index (χ4n) is 1.60. The first-order valence-corrected chi connectivity index (χ1v) is 5.69. The maximum atomic E-state index is 12.4. The van der Waals surface area contributed by atoms with E-state index in [-0.39, 0.29) is 6.61 Å². The Bertz CT molecular complexity index is 575. The minimum Gasteiger partial charge on any atom is -0.467 e. The van der Waals surface area contributed by atoms with Crippen molar-refractivity contribution in [1.82, 2.24) is 5.16 Å². The Morgan fingerprint density at radius 1 is 1.25 bits per heavy atom. The summed E-state index contributed by atoms with van der Waals surface area (Å²) in [7, 11) is 0. The zero-order valence-electron chi connectivity index (χ0n) is 10.2. The van der Waals surface area contributed by atoms with Gasteiger partial charge in [0.2, 0.25) is 0 Å². The quantitative estimate of drug-likeness (QED) is 0.625. The molecule has 4 nitrogen and oxygen atoms in total. The smallest absolute Gasteiger partial charge is 0.416 e. The van der Waals surface area contributed by atoms with Crippen molar-refractivity contribution in [3.05, 3.63) is 41.6 Å². The van der Waals surface area contributed by atoms with Crippen molar-refractivity contribution in [2.24, 2.45) is 0 Å². The van der Waals surface area contributed by atoms with Gasteiger partial charge >= 0.3 is 6.18 Å². The lowest BCUT2D eigenvalue weighted by Gasteiger charge is -2.06. The molecule has 0 atom stereocenters. The maximum Gasteiger partial charge on any atom is 0.416 e. The van der Waals surface area contributed by atoms with Crippen LogP contribution in [0.15, 0.2) is 34.9 Å². The first kappa shape index (κ1) is 14.1. The van der Waals surface area contributed by atoms with E-state index in [4.69, 9.17) is 4.52 Å². The standard InChI is InChI=1S/C13H10F3NO3/c14-13(15,16)10-3-1-9(2-4-10)12-7-11(17-20-12)5-6-19-8-18/h1-4,7-8H,5-6H2. The van der Waals surface area contributed by atoms with E-state index in [9.17, 15) is 18.0 Å². The van der Waals surface area contributed by atoms with Crippen LogP contribution in [0.25, 0.3) is 11.3 Å². The van der Waals surface area contributed by atoms with Gasteiger partial charge in [-0.25, -0.2) is 0 Å². The molecule has 7 heteroatoms. The molecule has 0 radical (unpaired) electrons. The van der Waals surface area contributed by atoms with Crippen molar-refractivity contribution in [3.63, 3.8) is 0 Å². The van der Waals surface area contributed by atoms with Crippen LogP contribution in [0.5, 0.6) is 0 Å². The molecule has 106 valence electrons. The van der Waals surface area contributed by atoms with Crippen LogP contribution in [0.4, 0.5) is 13.2 Å². The molecule has 2 rings (SSSR count). The third-order valence-electron chi connectivity index (χ3n) is 2.60. The highest BCUT2D eigenvalue weighted by Crippen LogP contribution is 2.31. The summed E-state index contributed by atoms with van der Waals surface area (Å²) < 4.78 is 46.8. The van der Waals surface area contributed by atoms with Gasteiger partial charge in [0.05, 0.1) is 17.9 Å². The molecule has 0 spiro atoms. The van der Waals surface area contributed by atoms with Gasteiger partial charge in [0.1, 0.15) is 0 Å². The number of hydrogen-bond acceptors (Lipinski definition) is 4. The van der Waals surface area contributed by atoms with Crippen LogP contribution in [0.2, 0.25) is 0 Å². The molecule has 0 bridgehead atoms. The molecule has 0 saturated heterocycles. The second-order valence-electron chi connectivity index (χ2n) is 3.97. The summed E-state index contributed by atoms with van der Waals surface area (Å²) in [6, 6.07) is 6.18. The zero-order chi connectivity index (χ0) is 14.6. The predicted molar refractivity (Wildman–Crippen MR) is 62.7 cm³/mol. The van der Waals surface area contributed by atoms with Crippen LogP contribution in [-0.4, -0.2) is 18.2 Å². The molecule has 0 aliphatic carbocycles. The maximum absolute atomic E-state index is 12.4. The van der Waals surface area contributed by atoms with Crippen molar-refractivity contribution in [2.45, 2.75) is 12.6 Å². The third kappa shape index (κ3) is 3.37. The van der Waals surface area contributed by atoms with Crippen molar-refractivity contribution >= 4 is 6.47 Å². The number of benzene rings is 1. The van der Waals surface area contributed by atoms with Crippen molar-refractivity contribution < 1.29 is 27.2 Å². The summed E-state index contributed by atoms with van der Waals surface area (Å²) in [4.78, 5) is 9.98. The van der Waals surface area contributed by atoms with Gasteiger partial charge in [-0.3, -0.25) is 4.79 Å². The van der Waals surface area contributed by atoms with Gasteiger partial charge in [0, 0.05) is 18.1 Å². The molecule has 20 heavy (non-hydrogen) atoms. The number of nitrogens with zero attached hydrogens (tertiary/aromatic N) is 1. The van der Waals surface area contributed by atoms with E-state index >= 15 is 0 Å². The van der Waals surface area contributed by atoms with E-state index in [2.05, 4.69) is 9.89 Å². The first-order chi connectivity index (χ1) is 9.50. The SMILES string of the molecule is O=COCCc1cc(-c2ccc(C(F)(F)F)cc2)on1. The molecule has 0 N–H and O–H groups in total. The number of carbonyl (C=O) groups excluding carboxylic acids is 1. The van der Waals surface area contributed by atoms with Gasteiger partial charge in [-0.1, -0.05) is 17.3 Å². The molecule has 0 amide bonds. The van der Waals surface area contributed by atoms with Crippen LogP contribution in [-0.2, 0) is 22.1 Å². The molecule has 1 aromatic heterocycles. The number of aromatic nitrogens is 1. The van der Waals surface area contributed by atoms with Crippen molar-refractivity contribution in [3.8, 4) is 11.3 Å². The highest BCUT2D eigenvalue weighted by Gasteiger charge is 2.30. The average Bonchev–Trinajstić information content (AvgIpc) is 2.87. The summed E-state index contributed by atoms with van der Waals surface area (Å²) in [5, 5.41) is 3.74. The van der Waals surface area contributed by atoms with E-state index < -0.39 is 11.7 Å². The van der Waals surface area contributed by atoms with Crippen LogP contribution in [0.3, 0.4) is 0 Å². The van der Waals surface area contributed by atoms with E-state index in [1.807, 2.05) is 0 Å². The van der Waals surface area contributed by atoms with Gasteiger partial charge in [-0.2, -0.15) is 13.2 Å². The summed E-state index contributed by atoms with van der Waals surface area (Å²) in [5.41, 5.74) is 0.329. The van der Waals surface area contributed by atoms with E-state index in [1.165, 1.54) is 12.1 Å². The van der Waals surface area contributed by atoms with E-state index in [1.54, 1.807) is 6.07 Å². The Morgan fingerprint density at radius 2 is 1.95 bits per heavy atom. The third-order valence-corrected chi connectivity index (χ3v) is 2.60. The molecule has 2 aromatic rings. The molecule has 0 unspecified atom stereocenters. The van der Waals surface area contributed by atoms with Crippen LogP contribution < -0.4 is 0 Å². The number of hydrogen-bond donors (Lipinski definition) is 0. The molecule has 0 aliphatic rings. The Kier molecular flexibility index (Phi) is 4.07. The van der Waals surface area contributed by atoms with Crippen LogP contribution >= 0.6 is 0 Å². The lowest BCUT2D eigenvalue weighted by Crippen LogP contribution is -2.03. The molecule has 0 aliphatic heterocycles. The molecule has 1 heterocycles. The summed E-state index contributed by atoms with van der Waals surface area (Å²) in [6.07, 6.45) is -3.99. The number of halogens is 3. The predicted octanol–water partition coefficient (Wildman–Crippen LogP) is 3.08. The monoisotopic (exact) mass is 285 g/mol. The van der Waals surface area contributed by atoms with Crippen LogP contribution in [0.1, 0.15) is 11.3 Å². The Hall–Kier alpha value is -2.31. The Labute approximate surface area is 112 Å². The fraction of sp³-hybridized carbons (Fsp3) is 0.231. The molecular formula is C13H10F3NO3. The zero-order valence-corrected chi connectivity index (χ0v) is 10.2. The van der Waals surface area contributed by atoms with Gasteiger partial charge in [-0.05, 0) is 12.1 Å². The Balaban J connectivity index is 2.10. The minimum absolute atomic E-state index is 0.169. The average molecular weight is 285 g/mol.